The Morgan fingerprint density at radius 3 is 2.36 bits per heavy atom. The van der Waals surface area contributed by atoms with Crippen LogP contribution in [-0.4, -0.2) is 17.0 Å². The van der Waals surface area contributed by atoms with Gasteiger partial charge in [0.25, 0.3) is 0 Å². The van der Waals surface area contributed by atoms with Gasteiger partial charge in [0.2, 0.25) is 0 Å². The highest BCUT2D eigenvalue weighted by atomic mass is 16.5. The van der Waals surface area contributed by atoms with Crippen LogP contribution in [-0.2, 0) is 6.54 Å². The molecule has 0 aliphatic rings. The van der Waals surface area contributed by atoms with Crippen LogP contribution in [0.3, 0.4) is 0 Å². The Morgan fingerprint density at radius 1 is 1.36 bits per heavy atom. The fourth-order valence-electron chi connectivity index (χ4n) is 1.04. The van der Waals surface area contributed by atoms with E-state index in [9.17, 15) is 5.21 Å². The molecule has 0 atom stereocenters. The molecule has 1 rings (SSSR count). The van der Waals surface area contributed by atoms with Crippen LogP contribution < -0.4 is 5.73 Å². The number of hydroxylamine groups is 1. The molecule has 0 spiro atoms. The summed E-state index contributed by atoms with van der Waals surface area (Å²) >= 11 is 0. The van der Waals surface area contributed by atoms with Crippen molar-refractivity contribution in [2.75, 3.05) is 0 Å². The van der Waals surface area contributed by atoms with Gasteiger partial charge in [-0.1, -0.05) is 12.1 Å². The van der Waals surface area contributed by atoms with E-state index in [4.69, 9.17) is 5.73 Å². The molecule has 0 radical (unpaired) electrons. The Labute approximate surface area is 84.4 Å². The van der Waals surface area contributed by atoms with Gasteiger partial charge in [0.05, 0.1) is 0 Å². The van der Waals surface area contributed by atoms with E-state index in [0.717, 1.165) is 15.9 Å². The second kappa shape index (κ2) is 4.77. The Balaban J connectivity index is 2.83. The first-order valence-corrected chi connectivity index (χ1v) is 4.73. The van der Waals surface area contributed by atoms with E-state index >= 15 is 0 Å². The molecule has 3 heteroatoms. The summed E-state index contributed by atoms with van der Waals surface area (Å²) in [5.41, 5.74) is 7.45. The van der Waals surface area contributed by atoms with Crippen LogP contribution in [0.1, 0.15) is 25.0 Å². The molecule has 14 heavy (non-hydrogen) atoms. The van der Waals surface area contributed by atoms with Crippen molar-refractivity contribution in [2.45, 2.75) is 26.4 Å². The number of nitrogens with zero attached hydrogens (tertiary/aromatic N) is 1. The highest BCUT2D eigenvalue weighted by Gasteiger charge is 2.00. The largest absolute Gasteiger partial charge is 0.624 e. The predicted molar refractivity (Wildman–Crippen MR) is 58.3 cm³/mol. The lowest BCUT2D eigenvalue weighted by molar-refractivity contribution is -0.487. The molecule has 0 saturated heterocycles. The minimum absolute atomic E-state index is 0.0239. The Morgan fingerprint density at radius 2 is 1.93 bits per heavy atom. The zero-order chi connectivity index (χ0) is 10.6. The highest BCUT2D eigenvalue weighted by Crippen LogP contribution is 2.01. The molecule has 0 heterocycles. The van der Waals surface area contributed by atoms with Gasteiger partial charge >= 0.3 is 0 Å². The zero-order valence-electron chi connectivity index (χ0n) is 8.60. The minimum Gasteiger partial charge on any atom is -0.624 e. The van der Waals surface area contributed by atoms with Gasteiger partial charge in [-0.25, -0.2) is 4.74 Å². The number of nitrogens with two attached hydrogens (primary N) is 1. The summed E-state index contributed by atoms with van der Waals surface area (Å²) in [5, 5.41) is 11.3. The summed E-state index contributed by atoms with van der Waals surface area (Å²) in [6.07, 6.45) is 1.59. The highest BCUT2D eigenvalue weighted by molar-refractivity contribution is 5.75. The molecule has 1 aromatic rings. The van der Waals surface area contributed by atoms with Crippen LogP contribution >= 0.6 is 0 Å². The summed E-state index contributed by atoms with van der Waals surface area (Å²) < 4.78 is 0.942. The van der Waals surface area contributed by atoms with Crippen molar-refractivity contribution in [2.24, 2.45) is 5.73 Å². The van der Waals surface area contributed by atoms with Gasteiger partial charge in [0, 0.05) is 12.1 Å². The number of hydrogen-bond donors (Lipinski definition) is 1. The van der Waals surface area contributed by atoms with Crippen LogP contribution in [0.2, 0.25) is 0 Å². The molecule has 1 aromatic carbocycles. The molecule has 0 saturated carbocycles. The van der Waals surface area contributed by atoms with E-state index in [-0.39, 0.29) is 6.04 Å². The molecule has 0 aromatic heterocycles. The fraction of sp³-hybridized carbons (Fsp3) is 0.364. The van der Waals surface area contributed by atoms with Crippen LogP contribution in [0.15, 0.2) is 24.3 Å². The maximum Gasteiger partial charge on any atom is 0.182 e. The first-order chi connectivity index (χ1) is 6.63. The molecular formula is C11H16N2O. The Bertz CT molecular complexity index is 315. The van der Waals surface area contributed by atoms with Gasteiger partial charge in [0.15, 0.2) is 12.3 Å². The molecule has 0 fully saturated rings. The van der Waals surface area contributed by atoms with E-state index in [1.54, 1.807) is 6.21 Å². The quantitative estimate of drug-likeness (QED) is 0.341. The lowest BCUT2D eigenvalue weighted by Crippen LogP contribution is -2.14. The fourth-order valence-corrected chi connectivity index (χ4v) is 1.04. The van der Waals surface area contributed by atoms with E-state index in [2.05, 4.69) is 0 Å². The van der Waals surface area contributed by atoms with E-state index in [1.165, 1.54) is 0 Å². The zero-order valence-corrected chi connectivity index (χ0v) is 8.60. The average molecular weight is 192 g/mol. The lowest BCUT2D eigenvalue weighted by atomic mass is 10.1. The van der Waals surface area contributed by atoms with Crippen LogP contribution in [0.4, 0.5) is 0 Å². The first-order valence-electron chi connectivity index (χ1n) is 4.73. The number of hydrogen-bond acceptors (Lipinski definition) is 2. The molecule has 0 unspecified atom stereocenters. The monoisotopic (exact) mass is 192 g/mol. The summed E-state index contributed by atoms with van der Waals surface area (Å²) in [7, 11) is 0. The standard InChI is InChI=1S/C11H16N2O/c1-9(2)13(14)8-11-5-3-10(7-12)4-6-11/h3-6,8-9H,7,12H2,1-2H3. The van der Waals surface area contributed by atoms with E-state index in [0.29, 0.717) is 6.54 Å². The van der Waals surface area contributed by atoms with Gasteiger partial charge in [0.1, 0.15) is 0 Å². The third-order valence-electron chi connectivity index (χ3n) is 2.00. The summed E-state index contributed by atoms with van der Waals surface area (Å²) in [6, 6.07) is 7.63. The van der Waals surface area contributed by atoms with Crippen LogP contribution in [0, 0.1) is 5.21 Å². The van der Waals surface area contributed by atoms with Crippen molar-refractivity contribution in [3.63, 3.8) is 0 Å². The summed E-state index contributed by atoms with van der Waals surface area (Å²) in [4.78, 5) is 0. The van der Waals surface area contributed by atoms with Crippen molar-refractivity contribution in [3.8, 4) is 0 Å². The van der Waals surface area contributed by atoms with E-state index < -0.39 is 0 Å². The van der Waals surface area contributed by atoms with Gasteiger partial charge in [-0.3, -0.25) is 0 Å². The smallest absolute Gasteiger partial charge is 0.182 e. The maximum absolute atomic E-state index is 11.3. The third kappa shape index (κ3) is 2.85. The second-order valence-electron chi connectivity index (χ2n) is 3.53. The molecule has 0 bridgehead atoms. The second-order valence-corrected chi connectivity index (χ2v) is 3.53. The third-order valence-corrected chi connectivity index (χ3v) is 2.00. The van der Waals surface area contributed by atoms with Crippen molar-refractivity contribution in [3.05, 3.63) is 40.6 Å². The predicted octanol–water partition coefficient (Wildman–Crippen LogP) is 1.48. The minimum atomic E-state index is -0.0239. The van der Waals surface area contributed by atoms with Gasteiger partial charge < -0.3 is 10.9 Å². The van der Waals surface area contributed by atoms with Gasteiger partial charge in [-0.05, 0) is 31.5 Å². The van der Waals surface area contributed by atoms with E-state index in [1.807, 2.05) is 38.1 Å². The van der Waals surface area contributed by atoms with Crippen molar-refractivity contribution in [1.29, 1.82) is 0 Å². The molecule has 2 N–H and O–H groups in total. The number of benzene rings is 1. The van der Waals surface area contributed by atoms with Crippen LogP contribution in [0.25, 0.3) is 0 Å². The lowest BCUT2D eigenvalue weighted by Gasteiger charge is -2.06. The van der Waals surface area contributed by atoms with Gasteiger partial charge in [-0.15, -0.1) is 0 Å². The maximum atomic E-state index is 11.3. The molecular weight excluding hydrogens is 176 g/mol. The molecule has 0 amide bonds. The first kappa shape index (κ1) is 10.7. The molecule has 0 aliphatic heterocycles. The number of rotatable bonds is 3. The average Bonchev–Trinajstić information content (AvgIpc) is 2.19. The van der Waals surface area contributed by atoms with Crippen molar-refractivity contribution >= 4 is 6.21 Å². The molecule has 3 nitrogen and oxygen atoms in total. The Hall–Kier alpha value is -1.35. The van der Waals surface area contributed by atoms with Crippen molar-refractivity contribution in [1.82, 2.24) is 0 Å². The van der Waals surface area contributed by atoms with Crippen LogP contribution in [0.5, 0.6) is 0 Å². The topological polar surface area (TPSA) is 52.1 Å². The summed E-state index contributed by atoms with van der Waals surface area (Å²) in [6.45, 7) is 4.25. The SMILES string of the molecule is CC(C)[N+]([O-])=Cc1ccc(CN)cc1. The van der Waals surface area contributed by atoms with Crippen molar-refractivity contribution < 1.29 is 4.74 Å². The summed E-state index contributed by atoms with van der Waals surface area (Å²) in [5.74, 6) is 0. The molecule has 0 aliphatic carbocycles. The molecule has 76 valence electrons. The normalized spacial score (nSPS) is 12.1. The van der Waals surface area contributed by atoms with Gasteiger partial charge in [-0.2, -0.15) is 0 Å². The Kier molecular flexibility index (Phi) is 3.65.